The van der Waals surface area contributed by atoms with Gasteiger partial charge in [0.1, 0.15) is 12.0 Å². The minimum atomic E-state index is -0.135. The average Bonchev–Trinajstić information content (AvgIpc) is 3.25. The number of nitriles is 1. The van der Waals surface area contributed by atoms with Crippen LogP contribution in [0.3, 0.4) is 0 Å². The molecule has 130 valence electrons. The summed E-state index contributed by atoms with van der Waals surface area (Å²) >= 11 is 0. The lowest BCUT2D eigenvalue weighted by Gasteiger charge is -2.27. The number of benzene rings is 1. The van der Waals surface area contributed by atoms with Crippen molar-refractivity contribution in [3.8, 4) is 17.5 Å². The van der Waals surface area contributed by atoms with E-state index in [0.29, 0.717) is 17.2 Å². The van der Waals surface area contributed by atoms with Crippen LogP contribution in [-0.4, -0.2) is 38.0 Å². The zero-order valence-corrected chi connectivity index (χ0v) is 14.2. The van der Waals surface area contributed by atoms with Crippen LogP contribution in [0.2, 0.25) is 0 Å². The van der Waals surface area contributed by atoms with Crippen LogP contribution >= 0.6 is 0 Å². The van der Waals surface area contributed by atoms with Crippen LogP contribution in [0.15, 0.2) is 65.8 Å². The maximum Gasteiger partial charge on any atom is 0.140 e. The standard InChI is InChI=1S/C19H17FN6/c1-2-26-17-12-25(20)8-6-16(17)23-18(26)13-24-9-7-22-19(24)15-5-3-4-14(10-15)11-21/h3-10,12,18H,2,13H2,1H3. The molecular weight excluding hydrogens is 331 g/mol. The topological polar surface area (TPSA) is 60.4 Å². The van der Waals surface area contributed by atoms with Gasteiger partial charge in [-0.15, -0.1) is 0 Å². The number of nitrogens with zero attached hydrogens (tertiary/aromatic N) is 6. The number of likely N-dealkylation sites (N-methyl/N-ethyl adjacent to an activating group) is 1. The van der Waals surface area contributed by atoms with Crippen LogP contribution in [0.5, 0.6) is 0 Å². The fraction of sp³-hybridized carbons (Fsp3) is 0.211. The van der Waals surface area contributed by atoms with E-state index in [1.54, 1.807) is 18.3 Å². The van der Waals surface area contributed by atoms with Crippen molar-refractivity contribution in [2.45, 2.75) is 19.6 Å². The second-order valence-electron chi connectivity index (χ2n) is 6.05. The molecule has 2 aromatic rings. The largest absolute Gasteiger partial charge is 0.345 e. The first kappa shape index (κ1) is 16.1. The highest BCUT2D eigenvalue weighted by atomic mass is 19.2. The van der Waals surface area contributed by atoms with E-state index in [1.165, 1.54) is 12.4 Å². The number of fused-ring (bicyclic) bond motifs is 1. The van der Waals surface area contributed by atoms with Gasteiger partial charge >= 0.3 is 0 Å². The Kier molecular flexibility index (Phi) is 4.01. The molecule has 2 aliphatic rings. The van der Waals surface area contributed by atoms with E-state index in [1.807, 2.05) is 35.9 Å². The van der Waals surface area contributed by atoms with Crippen molar-refractivity contribution in [2.24, 2.45) is 4.99 Å². The van der Waals surface area contributed by atoms with Gasteiger partial charge in [-0.05, 0) is 25.1 Å². The predicted octanol–water partition coefficient (Wildman–Crippen LogP) is 3.08. The summed E-state index contributed by atoms with van der Waals surface area (Å²) in [6, 6.07) is 9.53. The monoisotopic (exact) mass is 348 g/mol. The minimum Gasteiger partial charge on any atom is -0.345 e. The van der Waals surface area contributed by atoms with Crippen molar-refractivity contribution in [1.29, 1.82) is 5.26 Å². The van der Waals surface area contributed by atoms with Crippen molar-refractivity contribution in [2.75, 3.05) is 6.54 Å². The maximum absolute atomic E-state index is 13.5. The highest BCUT2D eigenvalue weighted by Gasteiger charge is 2.31. The number of aliphatic imine (C=N–C) groups is 1. The third-order valence-electron chi connectivity index (χ3n) is 4.51. The SMILES string of the molecule is CCN1C2=CN(F)C=CC2=NC1Cn1ccnc1-c1cccc(C#N)c1. The summed E-state index contributed by atoms with van der Waals surface area (Å²) in [5, 5.41) is 9.67. The van der Waals surface area contributed by atoms with Crippen molar-refractivity contribution in [3.05, 3.63) is 66.4 Å². The summed E-state index contributed by atoms with van der Waals surface area (Å²) in [5.74, 6) is 0.782. The maximum atomic E-state index is 13.5. The number of hydrogen-bond donors (Lipinski definition) is 0. The lowest BCUT2D eigenvalue weighted by molar-refractivity contribution is 0.151. The minimum absolute atomic E-state index is 0.135. The van der Waals surface area contributed by atoms with E-state index >= 15 is 0 Å². The Morgan fingerprint density at radius 2 is 2.23 bits per heavy atom. The van der Waals surface area contributed by atoms with Gasteiger partial charge in [0.2, 0.25) is 0 Å². The first-order valence-electron chi connectivity index (χ1n) is 8.40. The highest BCUT2D eigenvalue weighted by molar-refractivity contribution is 6.09. The molecule has 0 saturated carbocycles. The summed E-state index contributed by atoms with van der Waals surface area (Å²) in [6.45, 7) is 3.33. The molecule has 1 aromatic heterocycles. The van der Waals surface area contributed by atoms with Gasteiger partial charge in [0, 0.05) is 30.7 Å². The van der Waals surface area contributed by atoms with Gasteiger partial charge < -0.3 is 9.47 Å². The summed E-state index contributed by atoms with van der Waals surface area (Å²) in [5.41, 5.74) is 3.06. The molecule has 1 atom stereocenters. The molecule has 0 fully saturated rings. The summed E-state index contributed by atoms with van der Waals surface area (Å²) < 4.78 is 15.6. The second-order valence-corrected chi connectivity index (χ2v) is 6.05. The van der Waals surface area contributed by atoms with Crippen LogP contribution in [0, 0.1) is 11.3 Å². The molecule has 2 aliphatic heterocycles. The number of aromatic nitrogens is 2. The number of imidazole rings is 1. The highest BCUT2D eigenvalue weighted by Crippen LogP contribution is 2.27. The van der Waals surface area contributed by atoms with Crippen molar-refractivity contribution in [1.82, 2.24) is 19.6 Å². The Balaban J connectivity index is 1.64. The van der Waals surface area contributed by atoms with Crippen LogP contribution in [-0.2, 0) is 6.54 Å². The number of hydrogen-bond acceptors (Lipinski definition) is 5. The van der Waals surface area contributed by atoms with Crippen molar-refractivity contribution >= 4 is 5.71 Å². The van der Waals surface area contributed by atoms with Crippen LogP contribution in [0.1, 0.15) is 12.5 Å². The van der Waals surface area contributed by atoms with Gasteiger partial charge in [0.25, 0.3) is 0 Å². The normalized spacial score (nSPS) is 18.4. The van der Waals surface area contributed by atoms with E-state index in [-0.39, 0.29) is 6.17 Å². The van der Waals surface area contributed by atoms with Gasteiger partial charge in [-0.25, -0.2) is 4.98 Å². The second kappa shape index (κ2) is 6.48. The molecule has 6 nitrogen and oxygen atoms in total. The molecular formula is C19H17FN6. The third-order valence-corrected chi connectivity index (χ3v) is 4.51. The number of halogens is 1. The zero-order valence-electron chi connectivity index (χ0n) is 14.2. The van der Waals surface area contributed by atoms with Crippen LogP contribution in [0.4, 0.5) is 4.48 Å². The van der Waals surface area contributed by atoms with Crippen molar-refractivity contribution in [3.63, 3.8) is 0 Å². The van der Waals surface area contributed by atoms with Gasteiger partial charge in [-0.3, -0.25) is 4.99 Å². The fourth-order valence-electron chi connectivity index (χ4n) is 3.32. The molecule has 0 aliphatic carbocycles. The Bertz CT molecular complexity index is 964. The lowest BCUT2D eigenvalue weighted by atomic mass is 10.1. The number of rotatable bonds is 4. The molecule has 3 heterocycles. The van der Waals surface area contributed by atoms with E-state index in [9.17, 15) is 4.48 Å². The smallest absolute Gasteiger partial charge is 0.140 e. The molecule has 0 saturated heterocycles. The van der Waals surface area contributed by atoms with Crippen LogP contribution in [0.25, 0.3) is 11.4 Å². The Labute approximate surface area is 150 Å². The predicted molar refractivity (Wildman–Crippen MR) is 96.2 cm³/mol. The van der Waals surface area contributed by atoms with Crippen LogP contribution < -0.4 is 0 Å². The molecule has 0 radical (unpaired) electrons. The Morgan fingerprint density at radius 3 is 3.04 bits per heavy atom. The summed E-state index contributed by atoms with van der Waals surface area (Å²) in [7, 11) is 0. The average molecular weight is 348 g/mol. The molecule has 1 aromatic carbocycles. The first-order chi connectivity index (χ1) is 12.7. The van der Waals surface area contributed by atoms with Crippen molar-refractivity contribution < 1.29 is 4.48 Å². The Morgan fingerprint density at radius 1 is 1.35 bits per heavy atom. The lowest BCUT2D eigenvalue weighted by Crippen LogP contribution is -2.33. The van der Waals surface area contributed by atoms with E-state index in [4.69, 9.17) is 10.3 Å². The molecule has 0 N–H and O–H groups in total. The quantitative estimate of drug-likeness (QED) is 0.797. The fourth-order valence-corrected chi connectivity index (χ4v) is 3.32. The van der Waals surface area contributed by atoms with Gasteiger partial charge in [0.05, 0.1) is 35.8 Å². The van der Waals surface area contributed by atoms with E-state index in [2.05, 4.69) is 16.0 Å². The first-order valence-corrected chi connectivity index (χ1v) is 8.40. The molecule has 1 unspecified atom stereocenters. The number of allylic oxidation sites excluding steroid dienone is 1. The molecule has 0 spiro atoms. The summed E-state index contributed by atoms with van der Waals surface area (Å²) in [6.07, 6.45) is 7.99. The molecule has 26 heavy (non-hydrogen) atoms. The van der Waals surface area contributed by atoms with Gasteiger partial charge in [-0.1, -0.05) is 16.6 Å². The summed E-state index contributed by atoms with van der Waals surface area (Å²) in [4.78, 5) is 11.3. The zero-order chi connectivity index (χ0) is 18.1. The van der Waals surface area contributed by atoms with Gasteiger partial charge in [-0.2, -0.15) is 10.4 Å². The molecule has 7 heteroatoms. The molecule has 0 bridgehead atoms. The van der Waals surface area contributed by atoms with E-state index < -0.39 is 0 Å². The van der Waals surface area contributed by atoms with E-state index in [0.717, 1.165) is 29.3 Å². The molecule has 4 rings (SSSR count). The third kappa shape index (κ3) is 2.75. The Hall–Kier alpha value is -3.40. The molecule has 0 amide bonds. The van der Waals surface area contributed by atoms with Gasteiger partial charge in [0.15, 0.2) is 0 Å².